The van der Waals surface area contributed by atoms with Crippen LogP contribution in [0.25, 0.3) is 10.2 Å². The molecule has 0 bridgehead atoms. The van der Waals surface area contributed by atoms with Gasteiger partial charge < -0.3 is 15.8 Å². The van der Waals surface area contributed by atoms with Gasteiger partial charge in [0.05, 0.1) is 5.39 Å². The van der Waals surface area contributed by atoms with Crippen LogP contribution in [-0.4, -0.2) is 21.0 Å². The van der Waals surface area contributed by atoms with Gasteiger partial charge in [0.25, 0.3) is 5.56 Å². The average molecular weight is 361 g/mol. The summed E-state index contributed by atoms with van der Waals surface area (Å²) in [7, 11) is 0. The maximum Gasteiger partial charge on any atom is 0.372 e. The second kappa shape index (κ2) is 7.12. The molecule has 1 aliphatic rings. The predicted molar refractivity (Wildman–Crippen MR) is 93.5 cm³/mol. The van der Waals surface area contributed by atoms with E-state index in [9.17, 15) is 14.0 Å². The third kappa shape index (κ3) is 3.59. The van der Waals surface area contributed by atoms with Crippen LogP contribution in [0.3, 0.4) is 0 Å². The number of fused-ring (bicyclic) bond motifs is 3. The maximum atomic E-state index is 12.2. The minimum Gasteiger partial charge on any atom is -0.475 e. The Kier molecular flexibility index (Phi) is 4.91. The highest BCUT2D eigenvalue weighted by Gasteiger charge is 2.22. The highest BCUT2D eigenvalue weighted by atomic mass is 32.1. The molecule has 2 aromatic heterocycles. The molecule has 1 aliphatic carbocycles. The molecule has 0 saturated carbocycles. The van der Waals surface area contributed by atoms with Crippen LogP contribution in [0.4, 0.5) is 4.39 Å². The fourth-order valence-corrected chi connectivity index (χ4v) is 3.99. The summed E-state index contributed by atoms with van der Waals surface area (Å²) in [5.41, 5.74) is 6.96. The number of halogens is 1. The molecule has 3 aromatic rings. The van der Waals surface area contributed by atoms with Gasteiger partial charge >= 0.3 is 5.97 Å². The lowest BCUT2D eigenvalue weighted by atomic mass is 10.2. The number of H-pyrrole nitrogens is 1. The molecule has 6 nitrogen and oxygen atoms in total. The topological polar surface area (TPSA) is 109 Å². The van der Waals surface area contributed by atoms with Gasteiger partial charge in [-0.2, -0.15) is 0 Å². The van der Waals surface area contributed by atoms with E-state index in [2.05, 4.69) is 9.97 Å². The van der Waals surface area contributed by atoms with Crippen molar-refractivity contribution in [2.45, 2.75) is 25.8 Å². The van der Waals surface area contributed by atoms with Gasteiger partial charge in [-0.1, -0.05) is 12.1 Å². The molecule has 0 atom stereocenters. The number of hydrogen-bond acceptors (Lipinski definition) is 5. The third-order valence-electron chi connectivity index (χ3n) is 3.93. The van der Waals surface area contributed by atoms with Crippen LogP contribution in [-0.2, 0) is 19.4 Å². The number of aromatic carboxylic acids is 1. The molecule has 8 heteroatoms. The van der Waals surface area contributed by atoms with Crippen molar-refractivity contribution in [3.05, 3.63) is 62.3 Å². The molecule has 25 heavy (non-hydrogen) atoms. The largest absolute Gasteiger partial charge is 0.475 e. The van der Waals surface area contributed by atoms with Gasteiger partial charge in [-0.25, -0.2) is 14.2 Å². The van der Waals surface area contributed by atoms with E-state index < -0.39 is 5.97 Å². The molecule has 0 amide bonds. The molecule has 0 spiro atoms. The summed E-state index contributed by atoms with van der Waals surface area (Å²) in [6, 6.07) is 6.16. The first kappa shape index (κ1) is 17.2. The first-order valence-corrected chi connectivity index (χ1v) is 8.53. The van der Waals surface area contributed by atoms with Gasteiger partial charge in [-0.05, 0) is 42.5 Å². The van der Waals surface area contributed by atoms with Crippen LogP contribution in [0.5, 0.6) is 0 Å². The number of rotatable bonds is 2. The Balaban J connectivity index is 0.000000173. The van der Waals surface area contributed by atoms with E-state index in [4.69, 9.17) is 10.8 Å². The van der Waals surface area contributed by atoms with Gasteiger partial charge in [0.2, 0.25) is 5.82 Å². The zero-order valence-corrected chi connectivity index (χ0v) is 14.0. The van der Waals surface area contributed by atoms with Gasteiger partial charge in [-0.15, -0.1) is 11.3 Å². The van der Waals surface area contributed by atoms with Gasteiger partial charge in [-0.3, -0.25) is 4.79 Å². The molecular formula is C17H16FN3O3S. The van der Waals surface area contributed by atoms with Crippen LogP contribution < -0.4 is 11.3 Å². The second-order valence-electron chi connectivity index (χ2n) is 5.59. The fourth-order valence-electron chi connectivity index (χ4n) is 2.72. The summed E-state index contributed by atoms with van der Waals surface area (Å²) >= 11 is 1.44. The predicted octanol–water partition coefficient (Wildman–Crippen LogP) is 2.46. The Labute approximate surface area is 146 Å². The first-order valence-electron chi connectivity index (χ1n) is 7.72. The van der Waals surface area contributed by atoms with Crippen molar-refractivity contribution < 1.29 is 14.3 Å². The number of nitrogens with zero attached hydrogens (tertiary/aromatic N) is 1. The monoisotopic (exact) mass is 361 g/mol. The molecule has 2 heterocycles. The lowest BCUT2D eigenvalue weighted by Gasteiger charge is -1.95. The summed E-state index contributed by atoms with van der Waals surface area (Å²) in [5.74, 6) is -1.70. The van der Waals surface area contributed by atoms with Crippen LogP contribution in [0, 0.1) is 5.82 Å². The number of aromatic amines is 1. The molecule has 0 radical (unpaired) electrons. The van der Waals surface area contributed by atoms with Crippen molar-refractivity contribution in [1.82, 2.24) is 9.97 Å². The quantitative estimate of drug-likeness (QED) is 0.650. The summed E-state index contributed by atoms with van der Waals surface area (Å²) in [6.07, 6.45) is 2.93. The Morgan fingerprint density at radius 1 is 1.32 bits per heavy atom. The summed E-state index contributed by atoms with van der Waals surface area (Å²) < 4.78 is 12.2. The molecule has 0 saturated heterocycles. The zero-order chi connectivity index (χ0) is 18.0. The number of carboxylic acids is 1. The van der Waals surface area contributed by atoms with Crippen molar-refractivity contribution in [3.63, 3.8) is 0 Å². The molecule has 4 rings (SSSR count). The number of nitrogens with two attached hydrogens (primary N) is 1. The number of nitrogens with one attached hydrogen (secondary N) is 1. The van der Waals surface area contributed by atoms with Crippen LogP contribution in [0.2, 0.25) is 0 Å². The molecule has 0 fully saturated rings. The number of carbonyl (C=O) groups is 1. The minimum atomic E-state index is -1.20. The summed E-state index contributed by atoms with van der Waals surface area (Å²) in [6.45, 7) is 0.472. The number of thiophene rings is 1. The highest BCUT2D eigenvalue weighted by Crippen LogP contribution is 2.34. The SMILES string of the molecule is NCc1ccc(F)cc1.O=C(O)c1nc2sc3c(c2c(=O)[nH]1)CCC3. The number of aromatic nitrogens is 2. The Hall–Kier alpha value is -2.58. The van der Waals surface area contributed by atoms with E-state index in [1.165, 1.54) is 28.3 Å². The minimum absolute atomic E-state index is 0.216. The van der Waals surface area contributed by atoms with Crippen molar-refractivity contribution in [1.29, 1.82) is 0 Å². The van der Waals surface area contributed by atoms with Crippen molar-refractivity contribution in [2.75, 3.05) is 0 Å². The summed E-state index contributed by atoms with van der Waals surface area (Å²) in [4.78, 5) is 30.5. The van der Waals surface area contributed by atoms with Crippen molar-refractivity contribution in [2.24, 2.45) is 5.73 Å². The molecular weight excluding hydrogens is 345 g/mol. The lowest BCUT2D eigenvalue weighted by Crippen LogP contribution is -2.15. The van der Waals surface area contributed by atoms with Gasteiger partial charge in [0.1, 0.15) is 10.6 Å². The molecule has 130 valence electrons. The van der Waals surface area contributed by atoms with Gasteiger partial charge in [0, 0.05) is 11.4 Å². The maximum absolute atomic E-state index is 12.2. The van der Waals surface area contributed by atoms with Crippen molar-refractivity contribution >= 4 is 27.5 Å². The standard InChI is InChI=1S/C10H8N2O3S.C7H8FN/c13-8-6-4-2-1-3-5(4)16-9(6)12-7(11-8)10(14)15;8-7-3-1-6(5-9)2-4-7/h1-3H2,(H,14,15)(H,11,12,13);1-4H,5,9H2. The summed E-state index contributed by atoms with van der Waals surface area (Å²) in [5, 5.41) is 9.37. The Morgan fingerprint density at radius 3 is 2.68 bits per heavy atom. The molecule has 0 aliphatic heterocycles. The molecule has 1 aromatic carbocycles. The Morgan fingerprint density at radius 2 is 2.04 bits per heavy atom. The van der Waals surface area contributed by atoms with Crippen LogP contribution in [0.1, 0.15) is 33.0 Å². The number of carboxylic acid groups (broad SMARTS) is 1. The van der Waals surface area contributed by atoms with Gasteiger partial charge in [0.15, 0.2) is 0 Å². The fraction of sp³-hybridized carbons (Fsp3) is 0.235. The molecule has 4 N–H and O–H groups in total. The molecule has 0 unspecified atom stereocenters. The van der Waals surface area contributed by atoms with Crippen molar-refractivity contribution in [3.8, 4) is 0 Å². The average Bonchev–Trinajstić information content (AvgIpc) is 3.16. The van der Waals surface area contributed by atoms with E-state index in [-0.39, 0.29) is 17.2 Å². The third-order valence-corrected chi connectivity index (χ3v) is 5.11. The second-order valence-corrected chi connectivity index (χ2v) is 6.67. The highest BCUT2D eigenvalue weighted by molar-refractivity contribution is 7.18. The number of benzene rings is 1. The van der Waals surface area contributed by atoms with Crippen LogP contribution >= 0.6 is 11.3 Å². The lowest BCUT2D eigenvalue weighted by molar-refractivity contribution is 0.0683. The smallest absolute Gasteiger partial charge is 0.372 e. The number of aryl methyl sites for hydroxylation is 2. The van der Waals surface area contributed by atoms with Crippen LogP contribution in [0.15, 0.2) is 29.1 Å². The van der Waals surface area contributed by atoms with E-state index >= 15 is 0 Å². The van der Waals surface area contributed by atoms with E-state index in [1.54, 1.807) is 12.1 Å². The Bertz CT molecular complexity index is 979. The van der Waals surface area contributed by atoms with E-state index in [1.807, 2.05) is 0 Å². The van der Waals surface area contributed by atoms with E-state index in [0.29, 0.717) is 16.8 Å². The van der Waals surface area contributed by atoms with E-state index in [0.717, 1.165) is 30.4 Å². The number of hydrogen-bond donors (Lipinski definition) is 3. The zero-order valence-electron chi connectivity index (χ0n) is 13.2. The first-order chi connectivity index (χ1) is 12.0. The normalized spacial score (nSPS) is 12.6.